The lowest BCUT2D eigenvalue weighted by atomic mass is 9.70. The van der Waals surface area contributed by atoms with Crippen LogP contribution in [-0.4, -0.2) is 9.97 Å². The quantitative estimate of drug-likeness (QED) is 0.175. The molecule has 2 aromatic heterocycles. The van der Waals surface area contributed by atoms with Crippen LogP contribution in [0.25, 0.3) is 63.8 Å². The highest BCUT2D eigenvalue weighted by atomic mass is 32.1. The summed E-state index contributed by atoms with van der Waals surface area (Å²) in [4.78, 5) is 12.4. The molecule has 2 aliphatic rings. The molecule has 56 heavy (non-hydrogen) atoms. The van der Waals surface area contributed by atoms with Gasteiger partial charge in [-0.25, -0.2) is 9.97 Å². The van der Waals surface area contributed by atoms with Crippen LogP contribution in [-0.2, 0) is 5.41 Å². The lowest BCUT2D eigenvalue weighted by Gasteiger charge is -2.31. The summed E-state index contributed by atoms with van der Waals surface area (Å²) in [6, 6.07) is 68.6. The van der Waals surface area contributed by atoms with E-state index in [4.69, 9.17) is 9.97 Å². The summed E-state index contributed by atoms with van der Waals surface area (Å²) in [6.45, 7) is 0. The highest BCUT2D eigenvalue weighted by Crippen LogP contribution is 2.64. The van der Waals surface area contributed by atoms with Gasteiger partial charge in [0.25, 0.3) is 0 Å². The van der Waals surface area contributed by atoms with E-state index in [1.807, 2.05) is 0 Å². The third-order valence-corrected chi connectivity index (χ3v) is 13.7. The normalized spacial score (nSPS) is 13.1. The molecule has 3 nitrogen and oxygen atoms in total. The molecule has 0 saturated carbocycles. The number of nitrogens with zero attached hydrogens (tertiary/aromatic N) is 3. The second kappa shape index (κ2) is 12.2. The van der Waals surface area contributed by atoms with Crippen LogP contribution in [0.2, 0.25) is 0 Å². The van der Waals surface area contributed by atoms with E-state index in [9.17, 15) is 0 Å². The number of hydrogen-bond acceptors (Lipinski definition) is 5. The van der Waals surface area contributed by atoms with Crippen molar-refractivity contribution < 1.29 is 0 Å². The molecule has 5 heteroatoms. The molecule has 0 bridgehead atoms. The van der Waals surface area contributed by atoms with Gasteiger partial charge in [-0.05, 0) is 118 Å². The molecule has 262 valence electrons. The van der Waals surface area contributed by atoms with E-state index >= 15 is 0 Å². The fourth-order valence-corrected chi connectivity index (χ4v) is 11.2. The van der Waals surface area contributed by atoms with Crippen molar-refractivity contribution in [3.8, 4) is 43.4 Å². The Hall–Kier alpha value is -6.66. The molecule has 10 aromatic rings. The summed E-state index contributed by atoms with van der Waals surface area (Å²) in [6.07, 6.45) is 0. The molecule has 0 amide bonds. The zero-order valence-electron chi connectivity index (χ0n) is 30.1. The molecular formula is C51H31N3S2. The topological polar surface area (TPSA) is 29.0 Å². The van der Waals surface area contributed by atoms with E-state index in [0.717, 1.165) is 49.2 Å². The first-order valence-corrected chi connectivity index (χ1v) is 20.5. The summed E-state index contributed by atoms with van der Waals surface area (Å²) in [5.74, 6) is 0. The Morgan fingerprint density at radius 3 is 1.32 bits per heavy atom. The summed E-state index contributed by atoms with van der Waals surface area (Å²) in [5, 5.41) is 2.05. The van der Waals surface area contributed by atoms with Crippen molar-refractivity contribution in [3.05, 3.63) is 210 Å². The Morgan fingerprint density at radius 2 is 0.804 bits per heavy atom. The zero-order valence-corrected chi connectivity index (χ0v) is 31.7. The molecule has 2 heterocycles. The monoisotopic (exact) mass is 749 g/mol. The highest BCUT2D eigenvalue weighted by Gasteiger charge is 2.52. The van der Waals surface area contributed by atoms with Crippen molar-refractivity contribution in [1.82, 2.24) is 9.97 Å². The molecule has 0 atom stereocenters. The number of aromatic nitrogens is 2. The summed E-state index contributed by atoms with van der Waals surface area (Å²) < 4.78 is 2.40. The molecule has 1 spiro atoms. The van der Waals surface area contributed by atoms with Crippen LogP contribution in [0.1, 0.15) is 22.3 Å². The Kier molecular flexibility index (Phi) is 6.88. The maximum absolute atomic E-state index is 4.98. The Bertz CT molecular complexity index is 2930. The van der Waals surface area contributed by atoms with Crippen molar-refractivity contribution in [1.29, 1.82) is 0 Å². The van der Waals surface area contributed by atoms with Crippen molar-refractivity contribution >= 4 is 60.2 Å². The van der Waals surface area contributed by atoms with Gasteiger partial charge in [-0.1, -0.05) is 109 Å². The predicted molar refractivity (Wildman–Crippen MR) is 235 cm³/mol. The minimum absolute atomic E-state index is 0.422. The van der Waals surface area contributed by atoms with Gasteiger partial charge in [0.05, 0.1) is 31.5 Å². The zero-order chi connectivity index (χ0) is 36.8. The van der Waals surface area contributed by atoms with Crippen molar-refractivity contribution in [2.75, 3.05) is 4.90 Å². The number of rotatable bonds is 5. The molecular weight excluding hydrogens is 719 g/mol. The number of anilines is 3. The van der Waals surface area contributed by atoms with Gasteiger partial charge in [0, 0.05) is 28.1 Å². The van der Waals surface area contributed by atoms with E-state index in [0.29, 0.717) is 0 Å². The largest absolute Gasteiger partial charge is 0.310 e. The van der Waals surface area contributed by atoms with E-state index < -0.39 is 5.41 Å². The first kappa shape index (κ1) is 31.7. The number of hydrogen-bond donors (Lipinski definition) is 0. The van der Waals surface area contributed by atoms with Crippen LogP contribution < -0.4 is 4.90 Å². The maximum Gasteiger partial charge on any atom is 0.124 e. The minimum Gasteiger partial charge on any atom is -0.310 e. The Morgan fingerprint density at radius 1 is 0.375 bits per heavy atom. The van der Waals surface area contributed by atoms with Crippen LogP contribution in [0.15, 0.2) is 188 Å². The van der Waals surface area contributed by atoms with Crippen LogP contribution in [0, 0.1) is 0 Å². The average Bonchev–Trinajstić information content (AvgIpc) is 4.03. The SMILES string of the molecule is c1ccc2c(c1)-c1ccccc1C21c2ccccc2-c2c(N(c3ccc(-c4nc5ccccc5s4)cc3)c3ccc(-c4nc5ccccc5s4)cc3)cccc21. The van der Waals surface area contributed by atoms with Gasteiger partial charge >= 0.3 is 0 Å². The van der Waals surface area contributed by atoms with Gasteiger partial charge in [0.1, 0.15) is 10.0 Å². The van der Waals surface area contributed by atoms with Gasteiger partial charge in [-0.2, -0.15) is 0 Å². The second-order valence-electron chi connectivity index (χ2n) is 14.5. The highest BCUT2D eigenvalue weighted by molar-refractivity contribution is 7.22. The van der Waals surface area contributed by atoms with Gasteiger partial charge in [0.15, 0.2) is 0 Å². The molecule has 0 aliphatic heterocycles. The summed E-state index contributed by atoms with van der Waals surface area (Å²) in [5.41, 5.74) is 17.7. The predicted octanol–water partition coefficient (Wildman–Crippen LogP) is 14.1. The molecule has 8 aromatic carbocycles. The summed E-state index contributed by atoms with van der Waals surface area (Å²) >= 11 is 3.47. The first-order valence-electron chi connectivity index (χ1n) is 18.9. The molecule has 0 saturated heterocycles. The van der Waals surface area contributed by atoms with E-state index in [2.05, 4.69) is 193 Å². The molecule has 2 aliphatic carbocycles. The number of fused-ring (bicyclic) bond motifs is 12. The molecule has 0 N–H and O–H groups in total. The fourth-order valence-electron chi connectivity index (χ4n) is 9.24. The number of benzene rings is 8. The van der Waals surface area contributed by atoms with E-state index in [-0.39, 0.29) is 0 Å². The average molecular weight is 750 g/mol. The number of para-hydroxylation sites is 2. The fraction of sp³-hybridized carbons (Fsp3) is 0.0196. The van der Waals surface area contributed by atoms with Crippen LogP contribution in [0.5, 0.6) is 0 Å². The van der Waals surface area contributed by atoms with Gasteiger partial charge in [-0.15, -0.1) is 22.7 Å². The van der Waals surface area contributed by atoms with Crippen molar-refractivity contribution in [3.63, 3.8) is 0 Å². The lowest BCUT2D eigenvalue weighted by molar-refractivity contribution is 0.794. The Balaban J connectivity index is 1.07. The summed E-state index contributed by atoms with van der Waals surface area (Å²) in [7, 11) is 0. The van der Waals surface area contributed by atoms with Gasteiger partial charge < -0.3 is 4.90 Å². The van der Waals surface area contributed by atoms with Gasteiger partial charge in [0.2, 0.25) is 0 Å². The van der Waals surface area contributed by atoms with E-state index in [1.54, 1.807) is 22.7 Å². The van der Waals surface area contributed by atoms with E-state index in [1.165, 1.54) is 53.9 Å². The van der Waals surface area contributed by atoms with Crippen LogP contribution in [0.3, 0.4) is 0 Å². The minimum atomic E-state index is -0.422. The van der Waals surface area contributed by atoms with Crippen molar-refractivity contribution in [2.24, 2.45) is 0 Å². The van der Waals surface area contributed by atoms with Crippen LogP contribution in [0.4, 0.5) is 17.1 Å². The molecule has 12 rings (SSSR count). The van der Waals surface area contributed by atoms with Crippen molar-refractivity contribution in [2.45, 2.75) is 5.41 Å². The van der Waals surface area contributed by atoms with Gasteiger partial charge in [-0.3, -0.25) is 0 Å². The lowest BCUT2D eigenvalue weighted by Crippen LogP contribution is -2.26. The third-order valence-electron chi connectivity index (χ3n) is 11.6. The maximum atomic E-state index is 4.98. The smallest absolute Gasteiger partial charge is 0.124 e. The number of thiazole rings is 2. The molecule has 0 unspecified atom stereocenters. The second-order valence-corrected chi connectivity index (χ2v) is 16.6. The molecule has 0 fully saturated rings. The first-order chi connectivity index (χ1) is 27.8. The Labute approximate surface area is 332 Å². The molecule has 0 radical (unpaired) electrons. The third kappa shape index (κ3) is 4.50. The standard InChI is InChI=1S/C51H31N3S2/c1-4-15-39-36(12-1)37-13-2-5-16-40(37)51(39)41-17-6-3-14-38(41)48-42(51)18-11-21-45(48)54(34-28-24-32(25-29-34)49-52-43-19-7-9-22-46(43)55-49)35-30-26-33(27-31-35)50-53-44-20-8-10-23-47(44)56-50/h1-31H. The van der Waals surface area contributed by atoms with Crippen LogP contribution >= 0.6 is 22.7 Å².